The van der Waals surface area contributed by atoms with Crippen LogP contribution in [0.2, 0.25) is 0 Å². The SMILES string of the molecule is CC(CC(=O)OCC(COC(=O)CC(C)C(=O)O)OC(=O)CC(C)C(=O)O)C(=O)O. The van der Waals surface area contributed by atoms with Gasteiger partial charge in [-0.3, -0.25) is 28.8 Å². The van der Waals surface area contributed by atoms with Gasteiger partial charge < -0.3 is 29.5 Å². The molecule has 0 bridgehead atoms. The van der Waals surface area contributed by atoms with Crippen LogP contribution in [0.15, 0.2) is 0 Å². The molecular weight excluding hydrogens is 408 g/mol. The zero-order valence-electron chi connectivity index (χ0n) is 16.9. The van der Waals surface area contributed by atoms with E-state index >= 15 is 0 Å². The van der Waals surface area contributed by atoms with Crippen molar-refractivity contribution in [3.05, 3.63) is 0 Å². The van der Waals surface area contributed by atoms with Crippen molar-refractivity contribution in [2.75, 3.05) is 13.2 Å². The molecule has 0 aliphatic carbocycles. The van der Waals surface area contributed by atoms with Crippen LogP contribution in [-0.2, 0) is 43.0 Å². The number of ether oxygens (including phenoxy) is 3. The number of hydrogen-bond acceptors (Lipinski definition) is 9. The first kappa shape index (κ1) is 26.8. The molecule has 0 heterocycles. The minimum atomic E-state index is -1.29. The fourth-order valence-corrected chi connectivity index (χ4v) is 1.85. The van der Waals surface area contributed by atoms with E-state index in [2.05, 4.69) is 0 Å². The fourth-order valence-electron chi connectivity index (χ4n) is 1.85. The van der Waals surface area contributed by atoms with Gasteiger partial charge in [0.2, 0.25) is 0 Å². The van der Waals surface area contributed by atoms with Gasteiger partial charge in [-0.05, 0) is 0 Å². The average molecular weight is 434 g/mol. The summed E-state index contributed by atoms with van der Waals surface area (Å²) in [6.45, 7) is 2.72. The summed E-state index contributed by atoms with van der Waals surface area (Å²) in [7, 11) is 0. The molecule has 3 N–H and O–H groups in total. The summed E-state index contributed by atoms with van der Waals surface area (Å²) < 4.78 is 14.7. The first-order valence-corrected chi connectivity index (χ1v) is 9.02. The lowest BCUT2D eigenvalue weighted by Gasteiger charge is -2.19. The number of carboxylic acid groups (broad SMARTS) is 3. The van der Waals surface area contributed by atoms with Crippen molar-refractivity contribution in [3.63, 3.8) is 0 Å². The summed E-state index contributed by atoms with van der Waals surface area (Å²) in [5.74, 6) is -9.44. The maximum atomic E-state index is 11.9. The summed E-state index contributed by atoms with van der Waals surface area (Å²) in [5, 5.41) is 26.4. The van der Waals surface area contributed by atoms with Gasteiger partial charge in [0.05, 0.1) is 37.0 Å². The number of hydrogen-bond donors (Lipinski definition) is 3. The van der Waals surface area contributed by atoms with Crippen LogP contribution in [0.3, 0.4) is 0 Å². The maximum absolute atomic E-state index is 11.9. The monoisotopic (exact) mass is 434 g/mol. The lowest BCUT2D eigenvalue weighted by molar-refractivity contribution is -0.169. The van der Waals surface area contributed by atoms with Crippen molar-refractivity contribution >= 4 is 35.8 Å². The Morgan fingerprint density at radius 3 is 1.20 bits per heavy atom. The van der Waals surface area contributed by atoms with Crippen LogP contribution in [0.5, 0.6) is 0 Å². The maximum Gasteiger partial charge on any atom is 0.307 e. The molecule has 0 fully saturated rings. The molecule has 0 spiro atoms. The normalized spacial score (nSPS) is 14.5. The van der Waals surface area contributed by atoms with E-state index in [-0.39, 0.29) is 0 Å². The van der Waals surface area contributed by atoms with Gasteiger partial charge in [0.1, 0.15) is 13.2 Å². The highest BCUT2D eigenvalue weighted by molar-refractivity contribution is 5.80. The van der Waals surface area contributed by atoms with Crippen molar-refractivity contribution in [1.82, 2.24) is 0 Å². The van der Waals surface area contributed by atoms with Gasteiger partial charge in [-0.25, -0.2) is 0 Å². The summed E-state index contributed by atoms with van der Waals surface area (Å²) in [4.78, 5) is 67.6. The van der Waals surface area contributed by atoms with Gasteiger partial charge in [0.25, 0.3) is 0 Å². The summed E-state index contributed by atoms with van der Waals surface area (Å²) in [5.41, 5.74) is 0. The molecule has 30 heavy (non-hydrogen) atoms. The van der Waals surface area contributed by atoms with E-state index in [4.69, 9.17) is 29.5 Å². The van der Waals surface area contributed by atoms with Crippen LogP contribution >= 0.6 is 0 Å². The first-order chi connectivity index (χ1) is 13.8. The zero-order chi connectivity index (χ0) is 23.4. The van der Waals surface area contributed by atoms with E-state index in [0.29, 0.717) is 0 Å². The van der Waals surface area contributed by atoms with Crippen molar-refractivity contribution in [2.24, 2.45) is 17.8 Å². The number of rotatable bonds is 14. The number of carboxylic acids is 3. The van der Waals surface area contributed by atoms with Gasteiger partial charge in [-0.2, -0.15) is 0 Å². The lowest BCUT2D eigenvalue weighted by Crippen LogP contribution is -2.32. The molecule has 0 rings (SSSR count). The van der Waals surface area contributed by atoms with Crippen LogP contribution in [0, 0.1) is 17.8 Å². The number of carbonyl (C=O) groups excluding carboxylic acids is 3. The highest BCUT2D eigenvalue weighted by Gasteiger charge is 2.25. The van der Waals surface area contributed by atoms with E-state index in [9.17, 15) is 28.8 Å². The number of aliphatic carboxylic acids is 3. The minimum Gasteiger partial charge on any atom is -0.481 e. The molecule has 0 aromatic carbocycles. The molecule has 0 aliphatic rings. The largest absolute Gasteiger partial charge is 0.481 e. The van der Waals surface area contributed by atoms with Gasteiger partial charge in [0, 0.05) is 0 Å². The quantitative estimate of drug-likeness (QED) is 0.251. The Hall–Kier alpha value is -3.18. The zero-order valence-corrected chi connectivity index (χ0v) is 16.9. The highest BCUT2D eigenvalue weighted by Crippen LogP contribution is 2.09. The second-order valence-corrected chi connectivity index (χ2v) is 6.81. The van der Waals surface area contributed by atoms with Crippen LogP contribution in [0.25, 0.3) is 0 Å². The van der Waals surface area contributed by atoms with Crippen molar-refractivity contribution in [3.8, 4) is 0 Å². The molecule has 170 valence electrons. The first-order valence-electron chi connectivity index (χ1n) is 9.02. The second kappa shape index (κ2) is 13.1. The third-order valence-corrected chi connectivity index (χ3v) is 3.84. The third-order valence-electron chi connectivity index (χ3n) is 3.84. The molecule has 3 unspecified atom stereocenters. The summed E-state index contributed by atoms with van der Waals surface area (Å²) in [6.07, 6.45) is -2.66. The van der Waals surface area contributed by atoms with Gasteiger partial charge >= 0.3 is 35.8 Å². The van der Waals surface area contributed by atoms with Crippen LogP contribution in [-0.4, -0.2) is 70.5 Å². The smallest absolute Gasteiger partial charge is 0.307 e. The topological polar surface area (TPSA) is 191 Å². The number of esters is 3. The molecule has 0 radical (unpaired) electrons. The molecule has 0 saturated carbocycles. The minimum absolute atomic E-state index is 0.442. The summed E-state index contributed by atoms with van der Waals surface area (Å²) >= 11 is 0. The Balaban J connectivity index is 4.86. The predicted molar refractivity (Wildman–Crippen MR) is 96.0 cm³/mol. The fraction of sp³-hybridized carbons (Fsp3) is 0.667. The molecule has 12 nitrogen and oxygen atoms in total. The summed E-state index contributed by atoms with van der Waals surface area (Å²) in [6, 6.07) is 0. The average Bonchev–Trinajstić information content (AvgIpc) is 2.63. The van der Waals surface area contributed by atoms with Crippen molar-refractivity contribution < 1.29 is 58.3 Å². The van der Waals surface area contributed by atoms with Gasteiger partial charge in [-0.1, -0.05) is 20.8 Å². The molecule has 0 amide bonds. The van der Waals surface area contributed by atoms with E-state index in [0.717, 1.165) is 0 Å². The molecule has 0 aliphatic heterocycles. The molecule has 12 heteroatoms. The predicted octanol–water partition coefficient (Wildman–Crippen LogP) is 0.317. The van der Waals surface area contributed by atoms with Crippen molar-refractivity contribution in [2.45, 2.75) is 46.1 Å². The third kappa shape index (κ3) is 11.6. The van der Waals surface area contributed by atoms with Crippen LogP contribution in [0.4, 0.5) is 0 Å². The Morgan fingerprint density at radius 2 is 0.900 bits per heavy atom. The van der Waals surface area contributed by atoms with E-state index < -0.39 is 92.1 Å². The van der Waals surface area contributed by atoms with Crippen LogP contribution < -0.4 is 0 Å². The Morgan fingerprint density at radius 1 is 0.600 bits per heavy atom. The van der Waals surface area contributed by atoms with Crippen LogP contribution in [0.1, 0.15) is 40.0 Å². The molecule has 0 aromatic heterocycles. The van der Waals surface area contributed by atoms with Crippen molar-refractivity contribution in [1.29, 1.82) is 0 Å². The number of carbonyl (C=O) groups is 6. The molecule has 3 atom stereocenters. The Labute approximate surface area is 172 Å². The molecular formula is C18H26O12. The Bertz CT molecular complexity index is 618. The lowest BCUT2D eigenvalue weighted by atomic mass is 10.1. The van der Waals surface area contributed by atoms with Gasteiger partial charge in [-0.15, -0.1) is 0 Å². The highest BCUT2D eigenvalue weighted by atomic mass is 16.6. The van der Waals surface area contributed by atoms with E-state index in [1.54, 1.807) is 0 Å². The molecule has 0 saturated heterocycles. The Kier molecular flexibility index (Phi) is 11.7. The second-order valence-electron chi connectivity index (χ2n) is 6.81. The van der Waals surface area contributed by atoms with E-state index in [1.165, 1.54) is 20.8 Å². The molecule has 0 aromatic rings. The standard InChI is InChI=1S/C18H26O12/c1-9(16(22)23)4-13(19)28-7-12(30-15(21)6-11(3)18(26)27)8-29-14(20)5-10(2)17(24)25/h9-12H,4-8H2,1-3H3,(H,22,23)(H,24,25)(H,26,27). The van der Waals surface area contributed by atoms with E-state index in [1.807, 2.05) is 0 Å². The van der Waals surface area contributed by atoms with Gasteiger partial charge in [0.15, 0.2) is 6.10 Å².